The van der Waals surface area contributed by atoms with Crippen LogP contribution in [-0.4, -0.2) is 29.2 Å². The summed E-state index contributed by atoms with van der Waals surface area (Å²) < 4.78 is 0. The predicted molar refractivity (Wildman–Crippen MR) is 65.8 cm³/mol. The van der Waals surface area contributed by atoms with Gasteiger partial charge < -0.3 is 4.90 Å². The molecule has 3 heteroatoms. The normalized spacial score (nSPS) is 17.2. The number of carbonyl (C=O) groups is 2. The first kappa shape index (κ1) is 11.8. The Kier molecular flexibility index (Phi) is 3.57. The highest BCUT2D eigenvalue weighted by Crippen LogP contribution is 2.19. The van der Waals surface area contributed by atoms with Gasteiger partial charge >= 0.3 is 0 Å². The standard InChI is InChI=1S/C14H17NO2/c1-2-12(15-10-6-9-13(15)16)14(17)11-7-4-3-5-8-11/h3-5,7-8,12H,2,6,9-10H2,1H3. The first-order valence-electron chi connectivity index (χ1n) is 6.12. The molecular formula is C14H17NO2. The Morgan fingerprint density at radius 3 is 2.59 bits per heavy atom. The zero-order valence-electron chi connectivity index (χ0n) is 10.1. The molecule has 1 aliphatic heterocycles. The Morgan fingerprint density at radius 2 is 2.06 bits per heavy atom. The van der Waals surface area contributed by atoms with Gasteiger partial charge in [0, 0.05) is 18.5 Å². The van der Waals surface area contributed by atoms with Gasteiger partial charge in [-0.05, 0) is 12.8 Å². The lowest BCUT2D eigenvalue weighted by molar-refractivity contribution is -0.129. The van der Waals surface area contributed by atoms with Gasteiger partial charge in [0.05, 0.1) is 6.04 Å². The van der Waals surface area contributed by atoms with Crippen molar-refractivity contribution < 1.29 is 9.59 Å². The van der Waals surface area contributed by atoms with Gasteiger partial charge in [0.15, 0.2) is 5.78 Å². The summed E-state index contributed by atoms with van der Waals surface area (Å²) in [5, 5.41) is 0. The van der Waals surface area contributed by atoms with E-state index in [1.807, 2.05) is 37.3 Å². The van der Waals surface area contributed by atoms with Gasteiger partial charge in [0.2, 0.25) is 5.91 Å². The number of benzene rings is 1. The van der Waals surface area contributed by atoms with Crippen LogP contribution in [0.15, 0.2) is 30.3 Å². The van der Waals surface area contributed by atoms with Crippen LogP contribution in [0.4, 0.5) is 0 Å². The zero-order valence-corrected chi connectivity index (χ0v) is 10.1. The minimum absolute atomic E-state index is 0.0587. The second-order valence-electron chi connectivity index (χ2n) is 4.35. The fourth-order valence-electron chi connectivity index (χ4n) is 2.34. The summed E-state index contributed by atoms with van der Waals surface area (Å²) in [4.78, 5) is 25.7. The maximum absolute atomic E-state index is 12.3. The van der Waals surface area contributed by atoms with E-state index in [0.29, 0.717) is 18.4 Å². The number of ketones is 1. The van der Waals surface area contributed by atoms with E-state index >= 15 is 0 Å². The van der Waals surface area contributed by atoms with Gasteiger partial charge in [-0.25, -0.2) is 0 Å². The van der Waals surface area contributed by atoms with E-state index in [1.165, 1.54) is 0 Å². The first-order chi connectivity index (χ1) is 8.24. The number of carbonyl (C=O) groups excluding carboxylic acids is 2. The van der Waals surface area contributed by atoms with Crippen molar-refractivity contribution in [1.29, 1.82) is 0 Å². The van der Waals surface area contributed by atoms with Gasteiger partial charge in [-0.3, -0.25) is 9.59 Å². The number of nitrogens with zero attached hydrogens (tertiary/aromatic N) is 1. The van der Waals surface area contributed by atoms with Crippen LogP contribution in [0.3, 0.4) is 0 Å². The molecule has 0 spiro atoms. The third-order valence-electron chi connectivity index (χ3n) is 3.23. The van der Waals surface area contributed by atoms with Gasteiger partial charge in [-0.1, -0.05) is 37.3 Å². The lowest BCUT2D eigenvalue weighted by Gasteiger charge is -2.25. The Morgan fingerprint density at radius 1 is 1.35 bits per heavy atom. The van der Waals surface area contributed by atoms with E-state index in [4.69, 9.17) is 0 Å². The van der Waals surface area contributed by atoms with Gasteiger partial charge in [-0.15, -0.1) is 0 Å². The number of rotatable bonds is 4. The zero-order chi connectivity index (χ0) is 12.3. The summed E-state index contributed by atoms with van der Waals surface area (Å²) in [7, 11) is 0. The van der Waals surface area contributed by atoms with E-state index in [9.17, 15) is 9.59 Å². The number of hydrogen-bond acceptors (Lipinski definition) is 2. The molecule has 1 heterocycles. The largest absolute Gasteiger partial charge is 0.332 e. The predicted octanol–water partition coefficient (Wildman–Crippen LogP) is 2.27. The van der Waals surface area contributed by atoms with Crippen LogP contribution in [0.25, 0.3) is 0 Å². The van der Waals surface area contributed by atoms with Gasteiger partial charge in [-0.2, -0.15) is 0 Å². The van der Waals surface area contributed by atoms with Crippen LogP contribution in [-0.2, 0) is 4.79 Å². The van der Waals surface area contributed by atoms with Crippen LogP contribution in [0.5, 0.6) is 0 Å². The number of amides is 1. The van der Waals surface area contributed by atoms with Crippen LogP contribution in [0.2, 0.25) is 0 Å². The second kappa shape index (κ2) is 5.13. The summed E-state index contributed by atoms with van der Waals surface area (Å²) in [6.07, 6.45) is 2.13. The highest BCUT2D eigenvalue weighted by molar-refractivity contribution is 6.02. The molecule has 2 rings (SSSR count). The first-order valence-corrected chi connectivity index (χ1v) is 6.12. The molecule has 0 aromatic heterocycles. The molecule has 1 aromatic carbocycles. The van der Waals surface area contributed by atoms with Crippen molar-refractivity contribution in [2.24, 2.45) is 0 Å². The molecule has 1 aliphatic rings. The fourth-order valence-corrected chi connectivity index (χ4v) is 2.34. The smallest absolute Gasteiger partial charge is 0.223 e. The molecular weight excluding hydrogens is 214 g/mol. The molecule has 17 heavy (non-hydrogen) atoms. The van der Waals surface area contributed by atoms with Crippen molar-refractivity contribution in [3.05, 3.63) is 35.9 Å². The third-order valence-corrected chi connectivity index (χ3v) is 3.23. The molecule has 0 bridgehead atoms. The molecule has 0 N–H and O–H groups in total. The van der Waals surface area contributed by atoms with Crippen molar-refractivity contribution in [1.82, 2.24) is 4.90 Å². The van der Waals surface area contributed by atoms with Crippen molar-refractivity contribution in [2.45, 2.75) is 32.2 Å². The molecule has 3 nitrogen and oxygen atoms in total. The van der Waals surface area contributed by atoms with Crippen molar-refractivity contribution in [3.8, 4) is 0 Å². The minimum atomic E-state index is -0.285. The van der Waals surface area contributed by atoms with E-state index in [2.05, 4.69) is 0 Å². The van der Waals surface area contributed by atoms with Crippen molar-refractivity contribution >= 4 is 11.7 Å². The molecule has 1 saturated heterocycles. The van der Waals surface area contributed by atoms with Gasteiger partial charge in [0.1, 0.15) is 0 Å². The summed E-state index contributed by atoms with van der Waals surface area (Å²) in [6.45, 7) is 2.67. The fraction of sp³-hybridized carbons (Fsp3) is 0.429. The Balaban J connectivity index is 2.19. The highest BCUT2D eigenvalue weighted by Gasteiger charge is 2.31. The monoisotopic (exact) mass is 231 g/mol. The van der Waals surface area contributed by atoms with Gasteiger partial charge in [0.25, 0.3) is 0 Å². The highest BCUT2D eigenvalue weighted by atomic mass is 16.2. The number of likely N-dealkylation sites (tertiary alicyclic amines) is 1. The van der Waals surface area contributed by atoms with E-state index in [1.54, 1.807) is 4.90 Å². The van der Waals surface area contributed by atoms with Crippen molar-refractivity contribution in [2.75, 3.05) is 6.54 Å². The molecule has 1 aromatic rings. The lowest BCUT2D eigenvalue weighted by Crippen LogP contribution is -2.41. The summed E-state index contributed by atoms with van der Waals surface area (Å²) >= 11 is 0. The minimum Gasteiger partial charge on any atom is -0.332 e. The summed E-state index contributed by atoms with van der Waals surface area (Å²) in [6, 6.07) is 8.93. The quantitative estimate of drug-likeness (QED) is 0.745. The lowest BCUT2D eigenvalue weighted by atomic mass is 10.0. The average molecular weight is 231 g/mol. The SMILES string of the molecule is CCC(C(=O)c1ccccc1)N1CCCC1=O. The molecule has 0 radical (unpaired) electrons. The van der Waals surface area contributed by atoms with E-state index < -0.39 is 0 Å². The van der Waals surface area contributed by atoms with Crippen LogP contribution in [0.1, 0.15) is 36.5 Å². The summed E-state index contributed by atoms with van der Waals surface area (Å²) in [5.74, 6) is 0.171. The number of hydrogen-bond donors (Lipinski definition) is 0. The van der Waals surface area contributed by atoms with Crippen LogP contribution < -0.4 is 0 Å². The van der Waals surface area contributed by atoms with Crippen LogP contribution in [0, 0.1) is 0 Å². The third kappa shape index (κ3) is 2.38. The Hall–Kier alpha value is -1.64. The molecule has 0 aliphatic carbocycles. The maximum Gasteiger partial charge on any atom is 0.223 e. The van der Waals surface area contributed by atoms with Crippen molar-refractivity contribution in [3.63, 3.8) is 0 Å². The number of Topliss-reactive ketones (excluding diaryl/α,β-unsaturated/α-hetero) is 1. The summed E-state index contributed by atoms with van der Waals surface area (Å²) in [5.41, 5.74) is 0.694. The Bertz CT molecular complexity index is 413. The van der Waals surface area contributed by atoms with E-state index in [0.717, 1.165) is 13.0 Å². The molecule has 90 valence electrons. The molecule has 1 fully saturated rings. The van der Waals surface area contributed by atoms with E-state index in [-0.39, 0.29) is 17.7 Å². The maximum atomic E-state index is 12.3. The Labute approximate surface area is 101 Å². The molecule has 1 amide bonds. The molecule has 1 unspecified atom stereocenters. The molecule has 1 atom stereocenters. The van der Waals surface area contributed by atoms with Crippen LogP contribution >= 0.6 is 0 Å². The second-order valence-corrected chi connectivity index (χ2v) is 4.35. The average Bonchev–Trinajstić information content (AvgIpc) is 2.78. The topological polar surface area (TPSA) is 37.4 Å². The molecule has 0 saturated carbocycles.